The van der Waals surface area contributed by atoms with Gasteiger partial charge in [0.15, 0.2) is 0 Å². The molecular weight excluding hydrogens is 514 g/mol. The van der Waals surface area contributed by atoms with E-state index < -0.39 is 23.8 Å². The average Bonchev–Trinajstić information content (AvgIpc) is 3.07. The Morgan fingerprint density at radius 2 is 1.74 bits per heavy atom. The van der Waals surface area contributed by atoms with Crippen LogP contribution in [-0.2, 0) is 24.0 Å². The maximum Gasteiger partial charge on any atom is 0.358 e. The lowest BCUT2D eigenvalue weighted by Crippen LogP contribution is -2.61. The number of carbonyl (C=O) groups is 7. The lowest BCUT2D eigenvalue weighted by Gasteiger charge is -2.41. The molecular formula is C25H33N5O9. The number of fused-ring (bicyclic) bond motifs is 1. The van der Waals surface area contributed by atoms with Gasteiger partial charge in [-0.3, -0.25) is 24.6 Å². The lowest BCUT2D eigenvalue weighted by atomic mass is 10.1. The molecule has 0 radical (unpaired) electrons. The SMILES string of the molecule is CN[C@H](C=O)CC(C)=O.COc1cccc(OC)c1C(=O)C(=O)NN1CCC(=O)N2CCC[C@@H](C=O)N2C1=O. The monoisotopic (exact) mass is 547 g/mol. The van der Waals surface area contributed by atoms with Gasteiger partial charge in [-0.1, -0.05) is 6.07 Å². The molecule has 2 aliphatic rings. The van der Waals surface area contributed by atoms with E-state index in [1.54, 1.807) is 13.1 Å². The number of carbonyl (C=O) groups excluding carboxylic acids is 7. The number of likely N-dealkylation sites (N-methyl/N-ethyl adjacent to an activating group) is 1. The van der Waals surface area contributed by atoms with E-state index in [4.69, 9.17) is 9.47 Å². The molecule has 1 aromatic rings. The number of hydrogen-bond donors (Lipinski definition) is 2. The molecule has 2 fully saturated rings. The van der Waals surface area contributed by atoms with E-state index in [1.807, 2.05) is 0 Å². The van der Waals surface area contributed by atoms with Crippen LogP contribution in [-0.4, -0.2) is 103 Å². The first-order valence-corrected chi connectivity index (χ1v) is 12.2. The van der Waals surface area contributed by atoms with Crippen LogP contribution in [0.3, 0.4) is 0 Å². The Bertz CT molecular complexity index is 1090. The van der Waals surface area contributed by atoms with Crippen molar-refractivity contribution in [2.24, 2.45) is 0 Å². The number of benzene rings is 1. The number of hydrogen-bond acceptors (Lipinski definition) is 10. The second kappa shape index (κ2) is 14.6. The molecule has 2 aliphatic heterocycles. The smallest absolute Gasteiger partial charge is 0.358 e. The van der Waals surface area contributed by atoms with E-state index in [-0.39, 0.29) is 47.8 Å². The number of Topliss-reactive ketones (excluding diaryl/α,β-unsaturated/α-hetero) is 2. The minimum atomic E-state index is -1.10. The van der Waals surface area contributed by atoms with Crippen LogP contribution in [0.5, 0.6) is 11.5 Å². The summed E-state index contributed by atoms with van der Waals surface area (Å²) in [5, 5.41) is 5.84. The van der Waals surface area contributed by atoms with E-state index in [0.29, 0.717) is 32.1 Å². The van der Waals surface area contributed by atoms with Crippen LogP contribution in [0.15, 0.2) is 18.2 Å². The second-order valence-electron chi connectivity index (χ2n) is 8.64. The highest BCUT2D eigenvalue weighted by Crippen LogP contribution is 2.29. The van der Waals surface area contributed by atoms with Gasteiger partial charge >= 0.3 is 11.9 Å². The predicted molar refractivity (Wildman–Crippen MR) is 136 cm³/mol. The topological polar surface area (TPSA) is 172 Å². The van der Waals surface area contributed by atoms with Gasteiger partial charge in [0.25, 0.3) is 5.78 Å². The molecule has 212 valence electrons. The van der Waals surface area contributed by atoms with E-state index in [9.17, 15) is 33.6 Å². The zero-order valence-electron chi connectivity index (χ0n) is 22.3. The highest BCUT2D eigenvalue weighted by Gasteiger charge is 2.41. The van der Waals surface area contributed by atoms with Crippen molar-refractivity contribution < 1.29 is 43.0 Å². The molecule has 39 heavy (non-hydrogen) atoms. The summed E-state index contributed by atoms with van der Waals surface area (Å²) in [6.07, 6.45) is 2.53. The molecule has 14 heteroatoms. The third-order valence-corrected chi connectivity index (χ3v) is 6.01. The van der Waals surface area contributed by atoms with Gasteiger partial charge in [0.05, 0.1) is 26.8 Å². The molecule has 0 bridgehead atoms. The van der Waals surface area contributed by atoms with Crippen molar-refractivity contribution in [2.45, 2.75) is 44.7 Å². The van der Waals surface area contributed by atoms with E-state index >= 15 is 0 Å². The van der Waals surface area contributed by atoms with Crippen LogP contribution < -0.4 is 20.2 Å². The van der Waals surface area contributed by atoms with Crippen molar-refractivity contribution in [3.8, 4) is 11.5 Å². The quantitative estimate of drug-likeness (QED) is 0.229. The molecule has 2 N–H and O–H groups in total. The Balaban J connectivity index is 0.000000510. The van der Waals surface area contributed by atoms with Crippen LogP contribution in [0.4, 0.5) is 4.79 Å². The highest BCUT2D eigenvalue weighted by atomic mass is 16.5. The maximum absolute atomic E-state index is 13.0. The number of urea groups is 1. The molecule has 0 saturated carbocycles. The number of amides is 4. The fraction of sp³-hybridized carbons (Fsp3) is 0.480. The molecule has 0 aromatic heterocycles. The van der Waals surface area contributed by atoms with Crippen LogP contribution in [0.2, 0.25) is 0 Å². The molecule has 3 rings (SSSR count). The third-order valence-electron chi connectivity index (χ3n) is 6.01. The van der Waals surface area contributed by atoms with Gasteiger partial charge in [-0.2, -0.15) is 0 Å². The Kier molecular flexibility index (Phi) is 11.5. The van der Waals surface area contributed by atoms with Crippen molar-refractivity contribution in [2.75, 3.05) is 34.4 Å². The molecule has 2 saturated heterocycles. The summed E-state index contributed by atoms with van der Waals surface area (Å²) in [5.41, 5.74) is 2.16. The number of nitrogens with one attached hydrogen (secondary N) is 2. The average molecular weight is 548 g/mol. The zero-order chi connectivity index (χ0) is 29.1. The fourth-order valence-corrected chi connectivity index (χ4v) is 4.02. The molecule has 1 aromatic carbocycles. The summed E-state index contributed by atoms with van der Waals surface area (Å²) in [6, 6.07) is 2.71. The number of hydrazine groups is 2. The predicted octanol–water partition coefficient (Wildman–Crippen LogP) is -0.0973. The van der Waals surface area contributed by atoms with Crippen LogP contribution in [0.1, 0.15) is 43.0 Å². The molecule has 0 aliphatic carbocycles. The van der Waals surface area contributed by atoms with E-state index in [2.05, 4.69) is 10.7 Å². The molecule has 0 spiro atoms. The summed E-state index contributed by atoms with van der Waals surface area (Å²) < 4.78 is 10.3. The summed E-state index contributed by atoms with van der Waals surface area (Å²) in [6.45, 7) is 1.63. The minimum Gasteiger partial charge on any atom is -0.496 e. The summed E-state index contributed by atoms with van der Waals surface area (Å²) in [5.74, 6) is -2.13. The first-order chi connectivity index (χ1) is 18.6. The number of ether oxygens (including phenoxy) is 2. The van der Waals surface area contributed by atoms with Crippen molar-refractivity contribution in [1.29, 1.82) is 0 Å². The van der Waals surface area contributed by atoms with Gasteiger partial charge in [-0.25, -0.2) is 19.8 Å². The number of aldehydes is 2. The van der Waals surface area contributed by atoms with Crippen LogP contribution >= 0.6 is 0 Å². The molecule has 4 amide bonds. The Labute approximate surface area is 225 Å². The van der Waals surface area contributed by atoms with Crippen LogP contribution in [0, 0.1) is 0 Å². The molecule has 14 nitrogen and oxygen atoms in total. The standard InChI is InChI=1S/C19H22N4O7.C6H11NO2/c1-29-13-6-3-7-14(30-2)16(13)17(26)18(27)20-21-10-8-15(25)22-9-4-5-12(11-24)23(22)19(21)28;1-5(9)3-6(4-8)7-2/h3,6-7,11-12H,4-5,8-10H2,1-2H3,(H,20,27);4,6-7H,3H2,1-2H3/t12-;6-/m00/s1. The van der Waals surface area contributed by atoms with Gasteiger partial charge in [0, 0.05) is 19.4 Å². The molecule has 2 heterocycles. The van der Waals surface area contributed by atoms with Gasteiger partial charge < -0.3 is 24.4 Å². The van der Waals surface area contributed by atoms with E-state index in [1.165, 1.54) is 38.3 Å². The van der Waals surface area contributed by atoms with Gasteiger partial charge in [-0.05, 0) is 38.9 Å². The first kappa shape index (κ1) is 30.9. The number of rotatable bonds is 10. The Morgan fingerprint density at radius 1 is 1.10 bits per heavy atom. The second-order valence-corrected chi connectivity index (χ2v) is 8.64. The summed E-state index contributed by atoms with van der Waals surface area (Å²) in [4.78, 5) is 82.6. The Morgan fingerprint density at radius 3 is 2.23 bits per heavy atom. The largest absolute Gasteiger partial charge is 0.496 e. The van der Waals surface area contributed by atoms with Crippen LogP contribution in [0.25, 0.3) is 0 Å². The van der Waals surface area contributed by atoms with E-state index in [0.717, 1.165) is 16.3 Å². The molecule has 0 unspecified atom stereocenters. The number of ketones is 2. The number of nitrogens with zero attached hydrogens (tertiary/aromatic N) is 3. The highest BCUT2D eigenvalue weighted by molar-refractivity contribution is 6.44. The number of methoxy groups -OCH3 is 2. The van der Waals surface area contributed by atoms with Crippen molar-refractivity contribution >= 4 is 42.0 Å². The maximum atomic E-state index is 13.0. The summed E-state index contributed by atoms with van der Waals surface area (Å²) >= 11 is 0. The lowest BCUT2D eigenvalue weighted by molar-refractivity contribution is -0.151. The van der Waals surface area contributed by atoms with Gasteiger partial charge in [-0.15, -0.1) is 0 Å². The Hall–Kier alpha value is -4.33. The van der Waals surface area contributed by atoms with Gasteiger partial charge in [0.1, 0.15) is 41.5 Å². The summed E-state index contributed by atoms with van der Waals surface area (Å²) in [7, 11) is 4.35. The normalized spacial score (nSPS) is 17.5. The first-order valence-electron chi connectivity index (χ1n) is 12.2. The zero-order valence-corrected chi connectivity index (χ0v) is 22.3. The molecule has 2 atom stereocenters. The van der Waals surface area contributed by atoms with Crippen molar-refractivity contribution in [1.82, 2.24) is 25.8 Å². The third kappa shape index (κ3) is 7.60. The minimum absolute atomic E-state index is 0.0291. The fourth-order valence-electron chi connectivity index (χ4n) is 4.02. The van der Waals surface area contributed by atoms with Gasteiger partial charge in [0.2, 0.25) is 5.91 Å². The van der Waals surface area contributed by atoms with Crippen molar-refractivity contribution in [3.05, 3.63) is 23.8 Å². The van der Waals surface area contributed by atoms with Crippen molar-refractivity contribution in [3.63, 3.8) is 0 Å².